The molecular formula is C15H18N2O2. The summed E-state index contributed by atoms with van der Waals surface area (Å²) in [6, 6.07) is 8.59. The Morgan fingerprint density at radius 1 is 1.26 bits per heavy atom. The summed E-state index contributed by atoms with van der Waals surface area (Å²) in [7, 11) is 0. The van der Waals surface area contributed by atoms with E-state index in [1.807, 2.05) is 24.3 Å². The zero-order chi connectivity index (χ0) is 13.2. The van der Waals surface area contributed by atoms with Crippen molar-refractivity contribution in [1.82, 2.24) is 0 Å². The highest BCUT2D eigenvalue weighted by Gasteiger charge is 2.27. The number of carbonyl (C=O) groups is 1. The summed E-state index contributed by atoms with van der Waals surface area (Å²) in [6.45, 7) is 2.19. The van der Waals surface area contributed by atoms with Crippen molar-refractivity contribution in [3.63, 3.8) is 0 Å². The predicted molar refractivity (Wildman–Crippen MR) is 74.8 cm³/mol. The van der Waals surface area contributed by atoms with Gasteiger partial charge in [-0.2, -0.15) is 0 Å². The van der Waals surface area contributed by atoms with Gasteiger partial charge >= 0.3 is 0 Å². The first kappa shape index (κ1) is 12.2. The lowest BCUT2D eigenvalue weighted by Gasteiger charge is -2.39. The van der Waals surface area contributed by atoms with Crippen LogP contribution in [-0.2, 0) is 9.53 Å². The Kier molecular flexibility index (Phi) is 3.25. The molecule has 0 saturated carbocycles. The number of ether oxygens (including phenoxy) is 1. The van der Waals surface area contributed by atoms with Gasteiger partial charge < -0.3 is 15.4 Å². The Balaban J connectivity index is 1.96. The van der Waals surface area contributed by atoms with E-state index < -0.39 is 0 Å². The summed E-state index contributed by atoms with van der Waals surface area (Å²) in [5, 5.41) is 0. The van der Waals surface area contributed by atoms with Crippen LogP contribution in [0.1, 0.15) is 18.4 Å². The van der Waals surface area contributed by atoms with Gasteiger partial charge in [-0.25, -0.2) is 0 Å². The summed E-state index contributed by atoms with van der Waals surface area (Å²) in [5.74, 6) is -0.327. The van der Waals surface area contributed by atoms with Gasteiger partial charge in [0.2, 0.25) is 5.91 Å². The van der Waals surface area contributed by atoms with E-state index in [0.29, 0.717) is 18.2 Å². The molecule has 1 fully saturated rings. The third kappa shape index (κ3) is 2.36. The number of primary amides is 1. The Morgan fingerprint density at radius 2 is 2.00 bits per heavy atom. The fourth-order valence-electron chi connectivity index (χ4n) is 2.84. The molecule has 0 atom stereocenters. The van der Waals surface area contributed by atoms with Gasteiger partial charge in [0.25, 0.3) is 0 Å². The Hall–Kier alpha value is -1.81. The number of nitrogens with zero attached hydrogens (tertiary/aromatic N) is 1. The molecule has 2 aliphatic rings. The molecule has 1 amide bonds. The molecule has 2 aliphatic heterocycles. The van der Waals surface area contributed by atoms with Crippen LogP contribution in [0, 0.1) is 0 Å². The molecule has 2 N–H and O–H groups in total. The zero-order valence-corrected chi connectivity index (χ0v) is 10.8. The molecule has 0 unspecified atom stereocenters. The summed E-state index contributed by atoms with van der Waals surface area (Å²) in [4.78, 5) is 13.8. The van der Waals surface area contributed by atoms with Crippen LogP contribution < -0.4 is 10.6 Å². The van der Waals surface area contributed by atoms with E-state index >= 15 is 0 Å². The molecule has 0 spiro atoms. The Labute approximate surface area is 112 Å². The van der Waals surface area contributed by atoms with Crippen LogP contribution in [0.5, 0.6) is 0 Å². The summed E-state index contributed by atoms with van der Waals surface area (Å²) >= 11 is 0. The van der Waals surface area contributed by atoms with Crippen molar-refractivity contribution in [2.24, 2.45) is 5.73 Å². The maximum absolute atomic E-state index is 11.5. The second-order valence-electron chi connectivity index (χ2n) is 5.06. The molecule has 4 heteroatoms. The summed E-state index contributed by atoms with van der Waals surface area (Å²) in [6.07, 6.45) is 3.91. The van der Waals surface area contributed by atoms with Gasteiger partial charge in [-0.05, 0) is 30.5 Å². The smallest absolute Gasteiger partial charge is 0.246 e. The number of para-hydroxylation sites is 1. The highest BCUT2D eigenvalue weighted by atomic mass is 16.5. The zero-order valence-electron chi connectivity index (χ0n) is 10.8. The first-order valence-electron chi connectivity index (χ1n) is 6.69. The molecule has 100 valence electrons. The van der Waals surface area contributed by atoms with Crippen LogP contribution in [0.15, 0.2) is 29.8 Å². The van der Waals surface area contributed by atoms with Crippen molar-refractivity contribution < 1.29 is 9.53 Å². The van der Waals surface area contributed by atoms with Crippen molar-refractivity contribution >= 4 is 17.7 Å². The SMILES string of the molecule is NC(=O)C1=Cc2ccccc2N(C2CCOCC2)C1. The van der Waals surface area contributed by atoms with E-state index in [-0.39, 0.29) is 5.91 Å². The summed E-state index contributed by atoms with van der Waals surface area (Å²) in [5.41, 5.74) is 8.41. The van der Waals surface area contributed by atoms with Gasteiger partial charge in [0, 0.05) is 37.1 Å². The van der Waals surface area contributed by atoms with E-state index in [2.05, 4.69) is 11.0 Å². The molecule has 3 rings (SSSR count). The second-order valence-corrected chi connectivity index (χ2v) is 5.06. The van der Waals surface area contributed by atoms with E-state index in [1.54, 1.807) is 0 Å². The fraction of sp³-hybridized carbons (Fsp3) is 0.400. The van der Waals surface area contributed by atoms with Crippen LogP contribution in [0.25, 0.3) is 6.08 Å². The minimum Gasteiger partial charge on any atom is -0.381 e. The number of rotatable bonds is 2. The Bertz CT molecular complexity index is 519. The lowest BCUT2D eigenvalue weighted by molar-refractivity contribution is -0.114. The molecule has 2 heterocycles. The number of amides is 1. The maximum Gasteiger partial charge on any atom is 0.246 e. The number of anilines is 1. The molecule has 1 aromatic rings. The summed E-state index contributed by atoms with van der Waals surface area (Å²) < 4.78 is 5.42. The van der Waals surface area contributed by atoms with Gasteiger partial charge in [-0.15, -0.1) is 0 Å². The van der Waals surface area contributed by atoms with Gasteiger partial charge in [0.05, 0.1) is 0 Å². The molecule has 0 aliphatic carbocycles. The fourth-order valence-corrected chi connectivity index (χ4v) is 2.84. The number of fused-ring (bicyclic) bond motifs is 1. The highest BCUT2D eigenvalue weighted by molar-refractivity contribution is 6.00. The lowest BCUT2D eigenvalue weighted by atomic mass is 9.97. The predicted octanol–water partition coefficient (Wildman–Crippen LogP) is 1.55. The number of benzene rings is 1. The minimum atomic E-state index is -0.327. The van der Waals surface area contributed by atoms with Gasteiger partial charge in [-0.1, -0.05) is 18.2 Å². The molecular weight excluding hydrogens is 240 g/mol. The first-order chi connectivity index (χ1) is 9.25. The maximum atomic E-state index is 11.5. The third-order valence-corrected chi connectivity index (χ3v) is 3.86. The molecule has 0 aromatic heterocycles. The first-order valence-corrected chi connectivity index (χ1v) is 6.69. The number of nitrogens with two attached hydrogens (primary N) is 1. The average molecular weight is 258 g/mol. The molecule has 4 nitrogen and oxygen atoms in total. The minimum absolute atomic E-state index is 0.327. The molecule has 1 saturated heterocycles. The van der Waals surface area contributed by atoms with Crippen molar-refractivity contribution in [3.05, 3.63) is 35.4 Å². The standard InChI is InChI=1S/C15H18N2O2/c16-15(18)12-9-11-3-1-2-4-14(11)17(10-12)13-5-7-19-8-6-13/h1-4,9,13H,5-8,10H2,(H2,16,18). The number of hydrogen-bond acceptors (Lipinski definition) is 3. The van der Waals surface area contributed by atoms with Crippen LogP contribution in [0.3, 0.4) is 0 Å². The lowest BCUT2D eigenvalue weighted by Crippen LogP contribution is -2.43. The van der Waals surface area contributed by atoms with E-state index in [9.17, 15) is 4.79 Å². The van der Waals surface area contributed by atoms with Crippen molar-refractivity contribution in [3.8, 4) is 0 Å². The van der Waals surface area contributed by atoms with Gasteiger partial charge in [0.15, 0.2) is 0 Å². The van der Waals surface area contributed by atoms with Crippen LogP contribution in [-0.4, -0.2) is 31.7 Å². The van der Waals surface area contributed by atoms with Crippen molar-refractivity contribution in [2.75, 3.05) is 24.7 Å². The largest absolute Gasteiger partial charge is 0.381 e. The quantitative estimate of drug-likeness (QED) is 0.875. The highest BCUT2D eigenvalue weighted by Crippen LogP contribution is 2.32. The number of carbonyl (C=O) groups excluding carboxylic acids is 1. The Morgan fingerprint density at radius 3 is 2.74 bits per heavy atom. The van der Waals surface area contributed by atoms with Crippen molar-refractivity contribution in [1.29, 1.82) is 0 Å². The van der Waals surface area contributed by atoms with E-state index in [1.165, 1.54) is 5.69 Å². The van der Waals surface area contributed by atoms with Crippen LogP contribution >= 0.6 is 0 Å². The molecule has 0 radical (unpaired) electrons. The van der Waals surface area contributed by atoms with Gasteiger partial charge in [-0.3, -0.25) is 4.79 Å². The van der Waals surface area contributed by atoms with Crippen LogP contribution in [0.4, 0.5) is 5.69 Å². The monoisotopic (exact) mass is 258 g/mol. The topological polar surface area (TPSA) is 55.6 Å². The number of hydrogen-bond donors (Lipinski definition) is 1. The van der Waals surface area contributed by atoms with E-state index in [0.717, 1.165) is 31.6 Å². The molecule has 0 bridgehead atoms. The van der Waals surface area contributed by atoms with Crippen molar-refractivity contribution in [2.45, 2.75) is 18.9 Å². The second kappa shape index (κ2) is 5.05. The van der Waals surface area contributed by atoms with Crippen LogP contribution in [0.2, 0.25) is 0 Å². The third-order valence-electron chi connectivity index (χ3n) is 3.86. The molecule has 19 heavy (non-hydrogen) atoms. The average Bonchev–Trinajstić information content (AvgIpc) is 2.47. The van der Waals surface area contributed by atoms with Gasteiger partial charge in [0.1, 0.15) is 0 Å². The molecule has 1 aromatic carbocycles. The normalized spacial score (nSPS) is 19.8. The van der Waals surface area contributed by atoms with E-state index in [4.69, 9.17) is 10.5 Å².